The van der Waals surface area contributed by atoms with Gasteiger partial charge in [0.2, 0.25) is 0 Å². The fourth-order valence-electron chi connectivity index (χ4n) is 2.91. The van der Waals surface area contributed by atoms with Crippen molar-refractivity contribution in [2.24, 2.45) is 0 Å². The topological polar surface area (TPSA) is 63.4 Å². The molecule has 0 amide bonds. The normalized spacial score (nSPS) is 12.6. The zero-order valence-corrected chi connectivity index (χ0v) is 14.8. The van der Waals surface area contributed by atoms with Crippen LogP contribution in [-0.4, -0.2) is 36.3 Å². The molecular weight excluding hydrogens is 316 g/mol. The molecule has 0 aliphatic heterocycles. The molecule has 0 aliphatic rings. The third-order valence-corrected chi connectivity index (χ3v) is 4.00. The summed E-state index contributed by atoms with van der Waals surface area (Å²) in [5.74, 6) is 0.487. The summed E-state index contributed by atoms with van der Waals surface area (Å²) < 4.78 is 11.4. The van der Waals surface area contributed by atoms with E-state index in [0.29, 0.717) is 19.2 Å². The minimum absolute atomic E-state index is 0.301. The van der Waals surface area contributed by atoms with Gasteiger partial charge in [-0.05, 0) is 18.2 Å². The molecule has 5 heteroatoms. The van der Waals surface area contributed by atoms with Crippen molar-refractivity contribution in [3.05, 3.63) is 42.5 Å². The van der Waals surface area contributed by atoms with Gasteiger partial charge in [0.25, 0.3) is 0 Å². The summed E-state index contributed by atoms with van der Waals surface area (Å²) in [6.07, 6.45) is -0.333. The van der Waals surface area contributed by atoms with Crippen LogP contribution in [0.15, 0.2) is 42.5 Å². The number of aromatic nitrogens is 1. The van der Waals surface area contributed by atoms with Gasteiger partial charge in [0.05, 0.1) is 5.52 Å². The number of carbonyl (C=O) groups is 1. The van der Waals surface area contributed by atoms with E-state index >= 15 is 0 Å². The van der Waals surface area contributed by atoms with E-state index in [1.54, 1.807) is 0 Å². The second-order valence-electron chi connectivity index (χ2n) is 6.45. The quantitative estimate of drug-likeness (QED) is 0.645. The van der Waals surface area contributed by atoms with Crippen molar-refractivity contribution in [3.63, 3.8) is 0 Å². The summed E-state index contributed by atoms with van der Waals surface area (Å²) >= 11 is 0. The van der Waals surface area contributed by atoms with Gasteiger partial charge in [0.1, 0.15) is 18.5 Å². The van der Waals surface area contributed by atoms with E-state index in [4.69, 9.17) is 9.47 Å². The van der Waals surface area contributed by atoms with Gasteiger partial charge in [0.15, 0.2) is 0 Å². The van der Waals surface area contributed by atoms with E-state index in [9.17, 15) is 4.79 Å². The average Bonchev–Trinajstić information content (AvgIpc) is 2.96. The Balaban J connectivity index is 1.82. The monoisotopic (exact) mass is 340 g/mol. The Labute approximate surface area is 147 Å². The van der Waals surface area contributed by atoms with Crippen molar-refractivity contribution < 1.29 is 14.3 Å². The van der Waals surface area contributed by atoms with Crippen LogP contribution in [0.2, 0.25) is 0 Å². The Bertz CT molecular complexity index is 870. The molecule has 1 atom stereocenters. The molecule has 1 unspecified atom stereocenters. The van der Waals surface area contributed by atoms with E-state index in [-0.39, 0.29) is 12.1 Å². The molecule has 0 saturated heterocycles. The summed E-state index contributed by atoms with van der Waals surface area (Å²) in [5, 5.41) is 5.46. The van der Waals surface area contributed by atoms with Crippen LogP contribution in [0.5, 0.6) is 5.75 Å². The number of aromatic amines is 1. The SMILES string of the molecule is CC(=O)OC(CNC(C)C)COc1cccc2[nH]c3ccccc3c12. The first-order valence-electron chi connectivity index (χ1n) is 8.57. The van der Waals surface area contributed by atoms with Gasteiger partial charge in [-0.15, -0.1) is 0 Å². The van der Waals surface area contributed by atoms with Crippen LogP contribution in [0.1, 0.15) is 20.8 Å². The summed E-state index contributed by atoms with van der Waals surface area (Å²) in [6.45, 7) is 6.39. The summed E-state index contributed by atoms with van der Waals surface area (Å²) in [5.41, 5.74) is 2.11. The second-order valence-corrected chi connectivity index (χ2v) is 6.45. The summed E-state index contributed by atoms with van der Waals surface area (Å²) in [7, 11) is 0. The van der Waals surface area contributed by atoms with Crippen molar-refractivity contribution in [2.75, 3.05) is 13.2 Å². The van der Waals surface area contributed by atoms with E-state index in [1.807, 2.05) is 36.4 Å². The summed E-state index contributed by atoms with van der Waals surface area (Å²) in [6, 6.07) is 14.4. The number of H-pyrrole nitrogens is 1. The van der Waals surface area contributed by atoms with Gasteiger partial charge in [-0.1, -0.05) is 38.1 Å². The molecule has 0 fully saturated rings. The highest BCUT2D eigenvalue weighted by atomic mass is 16.6. The number of benzene rings is 2. The molecule has 2 N–H and O–H groups in total. The Morgan fingerprint density at radius 2 is 1.88 bits per heavy atom. The number of carbonyl (C=O) groups excluding carboxylic acids is 1. The average molecular weight is 340 g/mol. The van der Waals surface area contributed by atoms with Gasteiger partial charge in [0, 0.05) is 35.8 Å². The lowest BCUT2D eigenvalue weighted by atomic mass is 10.1. The molecule has 1 heterocycles. The van der Waals surface area contributed by atoms with E-state index < -0.39 is 0 Å². The van der Waals surface area contributed by atoms with Crippen molar-refractivity contribution >= 4 is 27.8 Å². The van der Waals surface area contributed by atoms with Gasteiger partial charge in [-0.2, -0.15) is 0 Å². The zero-order valence-electron chi connectivity index (χ0n) is 14.8. The molecule has 2 aromatic carbocycles. The maximum Gasteiger partial charge on any atom is 0.303 e. The molecule has 0 saturated carbocycles. The molecule has 0 spiro atoms. The number of rotatable bonds is 7. The van der Waals surface area contributed by atoms with Gasteiger partial charge >= 0.3 is 5.97 Å². The van der Waals surface area contributed by atoms with Crippen LogP contribution in [0.3, 0.4) is 0 Å². The van der Waals surface area contributed by atoms with E-state index in [0.717, 1.165) is 27.6 Å². The minimum Gasteiger partial charge on any atom is -0.489 e. The van der Waals surface area contributed by atoms with Gasteiger partial charge in [-0.3, -0.25) is 4.79 Å². The first-order valence-corrected chi connectivity index (χ1v) is 8.57. The Morgan fingerprint density at radius 1 is 1.12 bits per heavy atom. The summed E-state index contributed by atoms with van der Waals surface area (Å²) in [4.78, 5) is 14.7. The number of nitrogens with one attached hydrogen (secondary N) is 2. The molecule has 0 radical (unpaired) electrons. The fourth-order valence-corrected chi connectivity index (χ4v) is 2.91. The maximum absolute atomic E-state index is 11.3. The number of fused-ring (bicyclic) bond motifs is 3. The molecular formula is C20H24N2O3. The highest BCUT2D eigenvalue weighted by Crippen LogP contribution is 2.33. The fraction of sp³-hybridized carbons (Fsp3) is 0.350. The van der Waals surface area contributed by atoms with Crippen molar-refractivity contribution in [2.45, 2.75) is 32.9 Å². The van der Waals surface area contributed by atoms with E-state index in [2.05, 4.69) is 30.2 Å². The predicted molar refractivity (Wildman–Crippen MR) is 100.0 cm³/mol. The first kappa shape index (κ1) is 17.3. The van der Waals surface area contributed by atoms with E-state index in [1.165, 1.54) is 6.92 Å². The van der Waals surface area contributed by atoms with Crippen LogP contribution in [-0.2, 0) is 9.53 Å². The Morgan fingerprint density at radius 3 is 2.64 bits per heavy atom. The first-order chi connectivity index (χ1) is 12.0. The highest BCUT2D eigenvalue weighted by molar-refractivity contribution is 6.10. The maximum atomic E-state index is 11.3. The largest absolute Gasteiger partial charge is 0.489 e. The molecule has 132 valence electrons. The molecule has 1 aromatic heterocycles. The highest BCUT2D eigenvalue weighted by Gasteiger charge is 2.15. The number of ether oxygens (including phenoxy) is 2. The lowest BCUT2D eigenvalue weighted by Gasteiger charge is -2.20. The van der Waals surface area contributed by atoms with Crippen LogP contribution in [0.25, 0.3) is 21.8 Å². The molecule has 0 aliphatic carbocycles. The molecule has 0 bridgehead atoms. The molecule has 25 heavy (non-hydrogen) atoms. The third-order valence-electron chi connectivity index (χ3n) is 4.00. The van der Waals surface area contributed by atoms with Crippen molar-refractivity contribution in [3.8, 4) is 5.75 Å². The second kappa shape index (κ2) is 7.57. The van der Waals surface area contributed by atoms with Gasteiger partial charge in [-0.25, -0.2) is 0 Å². The minimum atomic E-state index is -0.333. The molecule has 5 nitrogen and oxygen atoms in total. The zero-order chi connectivity index (χ0) is 17.8. The number of hydrogen-bond donors (Lipinski definition) is 2. The van der Waals surface area contributed by atoms with Crippen LogP contribution in [0.4, 0.5) is 0 Å². The smallest absolute Gasteiger partial charge is 0.303 e. The number of hydrogen-bond acceptors (Lipinski definition) is 4. The Hall–Kier alpha value is -2.53. The van der Waals surface area contributed by atoms with Crippen LogP contribution < -0.4 is 10.1 Å². The van der Waals surface area contributed by atoms with Crippen LogP contribution >= 0.6 is 0 Å². The van der Waals surface area contributed by atoms with Crippen molar-refractivity contribution in [1.82, 2.24) is 10.3 Å². The Kier molecular flexibility index (Phi) is 5.24. The number of para-hydroxylation sites is 1. The molecule has 3 aromatic rings. The predicted octanol–water partition coefficient (Wildman–Crippen LogP) is 3.63. The standard InChI is InChI=1S/C20H24N2O3/c1-13(2)21-11-15(25-14(3)23)12-24-19-10-6-9-18-20(19)16-7-4-5-8-17(16)22-18/h4-10,13,15,21-22H,11-12H2,1-3H3. The lowest BCUT2D eigenvalue weighted by Crippen LogP contribution is -2.38. The van der Waals surface area contributed by atoms with Gasteiger partial charge < -0.3 is 19.8 Å². The lowest BCUT2D eigenvalue weighted by molar-refractivity contribution is -0.147. The number of esters is 1. The third kappa shape index (κ3) is 4.12. The van der Waals surface area contributed by atoms with Crippen LogP contribution in [0, 0.1) is 0 Å². The van der Waals surface area contributed by atoms with Crippen molar-refractivity contribution in [1.29, 1.82) is 0 Å². The molecule has 3 rings (SSSR count).